The third-order valence-corrected chi connectivity index (χ3v) is 6.05. The maximum atomic E-state index is 13.0. The number of benzene rings is 2. The van der Waals surface area contributed by atoms with Crippen LogP contribution in [0.25, 0.3) is 10.9 Å². The molecule has 0 bridgehead atoms. The van der Waals surface area contributed by atoms with Gasteiger partial charge in [0.15, 0.2) is 0 Å². The molecular weight excluding hydrogens is 421 g/mol. The Morgan fingerprint density at radius 3 is 2.63 bits per heavy atom. The molecule has 11 heteroatoms. The SMILES string of the molecule is C[C@H]1Cc2cc(S(N)(=O)=O)ccc2N1Cc1nc2cc(C(F)(F)F)ccc2c(=O)[nH]1. The molecule has 0 unspecified atom stereocenters. The third kappa shape index (κ3) is 3.65. The average molecular weight is 438 g/mol. The standard InChI is InChI=1S/C19H17F3N4O3S/c1-10-6-11-7-13(30(23,28)29)3-5-16(11)26(10)9-17-24-15-8-12(19(20,21)22)2-4-14(15)18(27)25-17/h2-5,7-8,10H,6,9H2,1H3,(H2,23,28,29)(H,24,25,27)/t10-/m0/s1. The van der Waals surface area contributed by atoms with Crippen LogP contribution in [0.5, 0.6) is 0 Å². The molecule has 4 rings (SSSR count). The first kappa shape index (κ1) is 20.4. The van der Waals surface area contributed by atoms with Gasteiger partial charge in [0.1, 0.15) is 5.82 Å². The Bertz CT molecular complexity index is 1320. The van der Waals surface area contributed by atoms with Gasteiger partial charge in [0, 0.05) is 11.7 Å². The Hall–Kier alpha value is -2.92. The smallest absolute Gasteiger partial charge is 0.361 e. The fourth-order valence-electron chi connectivity index (χ4n) is 3.69. The quantitative estimate of drug-likeness (QED) is 0.653. The molecule has 1 atom stereocenters. The summed E-state index contributed by atoms with van der Waals surface area (Å²) in [6.45, 7) is 2.06. The molecule has 3 aromatic rings. The number of aromatic amines is 1. The highest BCUT2D eigenvalue weighted by Gasteiger charge is 2.31. The van der Waals surface area contributed by atoms with E-state index in [1.54, 1.807) is 6.07 Å². The maximum Gasteiger partial charge on any atom is 0.416 e. The molecule has 0 saturated heterocycles. The van der Waals surface area contributed by atoms with Crippen molar-refractivity contribution in [2.45, 2.75) is 37.0 Å². The number of fused-ring (bicyclic) bond motifs is 2. The van der Waals surface area contributed by atoms with Crippen LogP contribution in [-0.4, -0.2) is 24.4 Å². The number of rotatable bonds is 3. The summed E-state index contributed by atoms with van der Waals surface area (Å²) < 4.78 is 62.2. The lowest BCUT2D eigenvalue weighted by Crippen LogP contribution is -2.30. The zero-order valence-corrected chi connectivity index (χ0v) is 16.5. The number of nitrogens with two attached hydrogens (primary N) is 1. The summed E-state index contributed by atoms with van der Waals surface area (Å²) in [7, 11) is -3.83. The summed E-state index contributed by atoms with van der Waals surface area (Å²) in [6, 6.07) is 7.29. The van der Waals surface area contributed by atoms with Crippen molar-refractivity contribution in [3.05, 3.63) is 63.7 Å². The molecule has 2 aromatic carbocycles. The van der Waals surface area contributed by atoms with Gasteiger partial charge in [-0.2, -0.15) is 13.2 Å². The Kier molecular flexibility index (Phi) is 4.62. The second kappa shape index (κ2) is 6.81. The first-order valence-corrected chi connectivity index (χ1v) is 10.5. The van der Waals surface area contributed by atoms with E-state index in [0.717, 1.165) is 29.4 Å². The molecule has 0 amide bonds. The molecule has 2 heterocycles. The predicted octanol–water partition coefficient (Wildman–Crippen LogP) is 2.54. The fourth-order valence-corrected chi connectivity index (χ4v) is 4.25. The number of halogens is 3. The van der Waals surface area contributed by atoms with E-state index >= 15 is 0 Å². The maximum absolute atomic E-state index is 13.0. The van der Waals surface area contributed by atoms with Crippen LogP contribution >= 0.6 is 0 Å². The highest BCUT2D eigenvalue weighted by atomic mass is 32.2. The second-order valence-corrected chi connectivity index (χ2v) is 8.82. The number of alkyl halides is 3. The molecule has 1 aliphatic rings. The van der Waals surface area contributed by atoms with Crippen LogP contribution in [0.4, 0.5) is 18.9 Å². The molecule has 0 spiro atoms. The third-order valence-electron chi connectivity index (χ3n) is 5.14. The highest BCUT2D eigenvalue weighted by Crippen LogP contribution is 2.35. The van der Waals surface area contributed by atoms with Crippen molar-refractivity contribution >= 4 is 26.6 Å². The minimum absolute atomic E-state index is 0.00668. The van der Waals surface area contributed by atoms with Gasteiger partial charge >= 0.3 is 6.18 Å². The van der Waals surface area contributed by atoms with Crippen molar-refractivity contribution in [1.82, 2.24) is 9.97 Å². The zero-order chi connectivity index (χ0) is 21.8. The van der Waals surface area contributed by atoms with Crippen molar-refractivity contribution in [3.8, 4) is 0 Å². The number of aromatic nitrogens is 2. The lowest BCUT2D eigenvalue weighted by atomic mass is 10.1. The van der Waals surface area contributed by atoms with E-state index in [1.807, 2.05) is 11.8 Å². The topological polar surface area (TPSA) is 109 Å². The van der Waals surface area contributed by atoms with Gasteiger partial charge in [0.05, 0.1) is 27.9 Å². The van der Waals surface area contributed by atoms with Crippen LogP contribution in [0, 0.1) is 0 Å². The summed E-state index contributed by atoms with van der Waals surface area (Å²) in [5, 5.41) is 5.25. The lowest BCUT2D eigenvalue weighted by Gasteiger charge is -2.24. The van der Waals surface area contributed by atoms with Gasteiger partial charge in [-0.3, -0.25) is 4.79 Å². The van der Waals surface area contributed by atoms with Gasteiger partial charge in [-0.1, -0.05) is 0 Å². The number of anilines is 1. The van der Waals surface area contributed by atoms with Gasteiger partial charge < -0.3 is 9.88 Å². The molecule has 0 radical (unpaired) electrons. The van der Waals surface area contributed by atoms with Crippen molar-refractivity contribution in [2.75, 3.05) is 4.90 Å². The number of sulfonamides is 1. The van der Waals surface area contributed by atoms with E-state index < -0.39 is 27.3 Å². The molecule has 0 aliphatic carbocycles. The number of primary sulfonamides is 1. The molecule has 1 aromatic heterocycles. The van der Waals surface area contributed by atoms with E-state index in [2.05, 4.69) is 9.97 Å². The molecule has 0 saturated carbocycles. The number of hydrogen-bond acceptors (Lipinski definition) is 5. The van der Waals surface area contributed by atoms with Crippen LogP contribution in [0.1, 0.15) is 23.9 Å². The number of hydrogen-bond donors (Lipinski definition) is 2. The van der Waals surface area contributed by atoms with E-state index in [1.165, 1.54) is 12.1 Å². The van der Waals surface area contributed by atoms with Gasteiger partial charge in [0.2, 0.25) is 10.0 Å². The van der Waals surface area contributed by atoms with Crippen LogP contribution in [0.15, 0.2) is 46.1 Å². The van der Waals surface area contributed by atoms with Gasteiger partial charge in [0.25, 0.3) is 5.56 Å². The van der Waals surface area contributed by atoms with Crippen molar-refractivity contribution in [1.29, 1.82) is 0 Å². The Morgan fingerprint density at radius 1 is 1.23 bits per heavy atom. The lowest BCUT2D eigenvalue weighted by molar-refractivity contribution is -0.137. The van der Waals surface area contributed by atoms with Crippen LogP contribution in [0.3, 0.4) is 0 Å². The summed E-state index contributed by atoms with van der Waals surface area (Å²) in [5.41, 5.74) is 0.0771. The highest BCUT2D eigenvalue weighted by molar-refractivity contribution is 7.89. The second-order valence-electron chi connectivity index (χ2n) is 7.26. The van der Waals surface area contributed by atoms with Crippen molar-refractivity contribution in [3.63, 3.8) is 0 Å². The van der Waals surface area contributed by atoms with Gasteiger partial charge in [-0.15, -0.1) is 0 Å². The Morgan fingerprint density at radius 2 is 1.97 bits per heavy atom. The molecule has 3 N–H and O–H groups in total. The van der Waals surface area contributed by atoms with Crippen LogP contribution in [-0.2, 0) is 29.2 Å². The van der Waals surface area contributed by atoms with Crippen molar-refractivity contribution < 1.29 is 21.6 Å². The summed E-state index contributed by atoms with van der Waals surface area (Å²) in [6.07, 6.45) is -3.99. The van der Waals surface area contributed by atoms with Crippen LogP contribution in [0.2, 0.25) is 0 Å². The summed E-state index contributed by atoms with van der Waals surface area (Å²) in [5.74, 6) is 0.210. The normalized spacial score (nSPS) is 16.8. The monoisotopic (exact) mass is 438 g/mol. The van der Waals surface area contributed by atoms with E-state index in [9.17, 15) is 26.4 Å². The zero-order valence-electron chi connectivity index (χ0n) is 15.7. The number of H-pyrrole nitrogens is 1. The first-order valence-electron chi connectivity index (χ1n) is 8.96. The molecule has 7 nitrogen and oxygen atoms in total. The predicted molar refractivity (Wildman–Crippen MR) is 105 cm³/mol. The van der Waals surface area contributed by atoms with E-state index in [4.69, 9.17) is 5.14 Å². The number of nitrogens with zero attached hydrogens (tertiary/aromatic N) is 2. The minimum atomic E-state index is -4.54. The number of nitrogens with one attached hydrogen (secondary N) is 1. The van der Waals surface area contributed by atoms with Gasteiger partial charge in [-0.05, 0) is 55.3 Å². The molecular formula is C19H17F3N4O3S. The average Bonchev–Trinajstić information content (AvgIpc) is 2.94. The molecule has 158 valence electrons. The summed E-state index contributed by atoms with van der Waals surface area (Å²) in [4.78, 5) is 21.1. The van der Waals surface area contributed by atoms with E-state index in [-0.39, 0.29) is 34.2 Å². The largest absolute Gasteiger partial charge is 0.416 e. The first-order chi connectivity index (χ1) is 13.9. The van der Waals surface area contributed by atoms with Gasteiger partial charge in [-0.25, -0.2) is 18.5 Å². The van der Waals surface area contributed by atoms with E-state index in [0.29, 0.717) is 6.42 Å². The minimum Gasteiger partial charge on any atom is -0.361 e. The van der Waals surface area contributed by atoms with Crippen LogP contribution < -0.4 is 15.6 Å². The molecule has 30 heavy (non-hydrogen) atoms. The fraction of sp³-hybridized carbons (Fsp3) is 0.263. The molecule has 0 fully saturated rings. The Balaban J connectivity index is 1.72. The molecule has 1 aliphatic heterocycles. The summed E-state index contributed by atoms with van der Waals surface area (Å²) >= 11 is 0. The Labute approximate surface area is 169 Å². The van der Waals surface area contributed by atoms with Crippen molar-refractivity contribution in [2.24, 2.45) is 5.14 Å².